The van der Waals surface area contributed by atoms with Crippen molar-refractivity contribution in [3.05, 3.63) is 23.9 Å². The first-order valence-electron chi connectivity index (χ1n) is 3.15. The molecule has 1 aromatic heterocycles. The van der Waals surface area contributed by atoms with Crippen LogP contribution in [-0.2, 0) is 0 Å². The number of pyridine rings is 1. The molecule has 0 radical (unpaired) electrons. The van der Waals surface area contributed by atoms with Crippen molar-refractivity contribution in [1.82, 2.24) is 4.98 Å². The third-order valence-electron chi connectivity index (χ3n) is 1.17. The highest BCUT2D eigenvalue weighted by atomic mass is 16.4. The number of nitrogens with zero attached hydrogens (tertiary/aromatic N) is 1. The molecule has 0 saturated heterocycles. The number of anilines is 1. The summed E-state index contributed by atoms with van der Waals surface area (Å²) in [5.74, 6) is 2.64. The molecule has 4 heteroatoms. The van der Waals surface area contributed by atoms with E-state index in [2.05, 4.69) is 16.2 Å². The van der Waals surface area contributed by atoms with Crippen molar-refractivity contribution in [2.24, 2.45) is 0 Å². The Bertz CT molecular complexity index is 324. The summed E-state index contributed by atoms with van der Waals surface area (Å²) in [5.41, 5.74) is 0.617. The van der Waals surface area contributed by atoms with Crippen molar-refractivity contribution in [1.29, 1.82) is 0 Å². The molecule has 12 heavy (non-hydrogen) atoms. The summed E-state index contributed by atoms with van der Waals surface area (Å²) in [6, 6.07) is 3.11. The lowest BCUT2D eigenvalue weighted by atomic mass is 10.3. The summed E-state index contributed by atoms with van der Waals surface area (Å²) >= 11 is 0. The number of hydrogen-bond donors (Lipinski definition) is 2. The van der Waals surface area contributed by atoms with Crippen molar-refractivity contribution in [3.63, 3.8) is 0 Å². The second-order valence-electron chi connectivity index (χ2n) is 2.01. The molecule has 0 unspecified atom stereocenters. The maximum absolute atomic E-state index is 10.1. The second-order valence-corrected chi connectivity index (χ2v) is 2.01. The predicted molar refractivity (Wildman–Crippen MR) is 43.8 cm³/mol. The van der Waals surface area contributed by atoms with E-state index in [1.165, 1.54) is 12.3 Å². The van der Waals surface area contributed by atoms with Crippen molar-refractivity contribution in [2.45, 2.75) is 0 Å². The Morgan fingerprint density at radius 1 is 1.67 bits per heavy atom. The van der Waals surface area contributed by atoms with E-state index in [4.69, 9.17) is 11.5 Å². The number of nitrogens with one attached hydrogen (secondary N) is 1. The van der Waals surface area contributed by atoms with Crippen molar-refractivity contribution in [3.8, 4) is 12.3 Å². The molecule has 0 spiro atoms. The van der Waals surface area contributed by atoms with E-state index < -0.39 is 6.09 Å². The Hall–Kier alpha value is -2.02. The van der Waals surface area contributed by atoms with Gasteiger partial charge < -0.3 is 5.11 Å². The van der Waals surface area contributed by atoms with Gasteiger partial charge in [-0.05, 0) is 12.1 Å². The van der Waals surface area contributed by atoms with Crippen LogP contribution in [0.2, 0.25) is 0 Å². The monoisotopic (exact) mass is 162 g/mol. The Balaban J connectivity index is 2.80. The molecule has 1 heterocycles. The molecule has 0 atom stereocenters. The zero-order chi connectivity index (χ0) is 8.97. The van der Waals surface area contributed by atoms with Gasteiger partial charge in [-0.15, -0.1) is 6.42 Å². The van der Waals surface area contributed by atoms with Crippen molar-refractivity contribution in [2.75, 3.05) is 5.32 Å². The van der Waals surface area contributed by atoms with E-state index in [9.17, 15) is 4.79 Å². The SMILES string of the molecule is C#Cc1ccc(NC(=O)O)nc1. The number of aromatic nitrogens is 1. The Morgan fingerprint density at radius 3 is 2.83 bits per heavy atom. The zero-order valence-corrected chi connectivity index (χ0v) is 6.11. The predicted octanol–water partition coefficient (Wildman–Crippen LogP) is 1.15. The van der Waals surface area contributed by atoms with Gasteiger partial charge in [0.15, 0.2) is 0 Å². The van der Waals surface area contributed by atoms with Gasteiger partial charge in [0.25, 0.3) is 0 Å². The first-order chi connectivity index (χ1) is 5.72. The fourth-order valence-corrected chi connectivity index (χ4v) is 0.663. The standard InChI is InChI=1S/C8H6N2O2/c1-2-6-3-4-7(9-5-6)10-8(11)12/h1,3-5H,(H,9,10)(H,11,12). The normalized spacial score (nSPS) is 8.58. The summed E-state index contributed by atoms with van der Waals surface area (Å²) in [6.45, 7) is 0. The van der Waals surface area contributed by atoms with Gasteiger partial charge >= 0.3 is 6.09 Å². The zero-order valence-electron chi connectivity index (χ0n) is 6.11. The molecule has 0 aromatic carbocycles. The molecule has 0 aliphatic rings. The van der Waals surface area contributed by atoms with Gasteiger partial charge in [0, 0.05) is 11.8 Å². The maximum atomic E-state index is 10.1. The van der Waals surface area contributed by atoms with Crippen LogP contribution < -0.4 is 5.32 Å². The van der Waals surface area contributed by atoms with E-state index in [0.717, 1.165) is 0 Å². The molecular weight excluding hydrogens is 156 g/mol. The van der Waals surface area contributed by atoms with Gasteiger partial charge in [-0.1, -0.05) is 5.92 Å². The van der Waals surface area contributed by atoms with Crippen molar-refractivity contribution < 1.29 is 9.90 Å². The number of carbonyl (C=O) groups is 1. The van der Waals surface area contributed by atoms with E-state index in [1.54, 1.807) is 6.07 Å². The van der Waals surface area contributed by atoms with Gasteiger partial charge in [-0.25, -0.2) is 9.78 Å². The van der Waals surface area contributed by atoms with Gasteiger partial charge in [-0.2, -0.15) is 0 Å². The Kier molecular flexibility index (Phi) is 2.29. The highest BCUT2D eigenvalue weighted by Gasteiger charge is 1.97. The van der Waals surface area contributed by atoms with Crippen LogP contribution >= 0.6 is 0 Å². The summed E-state index contributed by atoms with van der Waals surface area (Å²) in [7, 11) is 0. The summed E-state index contributed by atoms with van der Waals surface area (Å²) < 4.78 is 0. The Morgan fingerprint density at radius 2 is 2.42 bits per heavy atom. The molecule has 0 aliphatic heterocycles. The Labute approximate surface area is 69.3 Å². The smallest absolute Gasteiger partial charge is 0.410 e. The third-order valence-corrected chi connectivity index (χ3v) is 1.17. The molecule has 60 valence electrons. The lowest BCUT2D eigenvalue weighted by Gasteiger charge is -1.97. The highest BCUT2D eigenvalue weighted by Crippen LogP contribution is 2.02. The molecular formula is C8H6N2O2. The molecule has 1 rings (SSSR count). The van der Waals surface area contributed by atoms with Gasteiger partial charge in [-0.3, -0.25) is 5.32 Å². The lowest BCUT2D eigenvalue weighted by molar-refractivity contribution is 0.209. The van der Waals surface area contributed by atoms with Gasteiger partial charge in [0.2, 0.25) is 0 Å². The topological polar surface area (TPSA) is 62.2 Å². The van der Waals surface area contributed by atoms with Crippen LogP contribution in [0, 0.1) is 12.3 Å². The average molecular weight is 162 g/mol. The minimum atomic E-state index is -1.14. The molecule has 0 fully saturated rings. The highest BCUT2D eigenvalue weighted by molar-refractivity contribution is 5.81. The molecule has 0 aliphatic carbocycles. The molecule has 1 amide bonds. The first-order valence-corrected chi connectivity index (χ1v) is 3.15. The van der Waals surface area contributed by atoms with Crippen LogP contribution in [0.4, 0.5) is 10.6 Å². The second kappa shape index (κ2) is 3.39. The molecule has 1 aromatic rings. The van der Waals surface area contributed by atoms with E-state index in [0.29, 0.717) is 5.56 Å². The molecule has 4 nitrogen and oxygen atoms in total. The van der Waals surface area contributed by atoms with Crippen LogP contribution in [0.1, 0.15) is 5.56 Å². The average Bonchev–Trinajstić information content (AvgIpc) is 2.05. The largest absolute Gasteiger partial charge is 0.465 e. The van der Waals surface area contributed by atoms with Crippen molar-refractivity contribution >= 4 is 11.9 Å². The van der Waals surface area contributed by atoms with E-state index >= 15 is 0 Å². The number of terminal acetylenes is 1. The van der Waals surface area contributed by atoms with E-state index in [-0.39, 0.29) is 5.82 Å². The van der Waals surface area contributed by atoms with Crippen LogP contribution in [0.25, 0.3) is 0 Å². The minimum Gasteiger partial charge on any atom is -0.465 e. The van der Waals surface area contributed by atoms with Crippen LogP contribution in [0.5, 0.6) is 0 Å². The summed E-state index contributed by atoms with van der Waals surface area (Å²) in [5, 5.41) is 10.4. The van der Waals surface area contributed by atoms with Crippen LogP contribution in [-0.4, -0.2) is 16.2 Å². The number of rotatable bonds is 1. The fourth-order valence-electron chi connectivity index (χ4n) is 0.663. The van der Waals surface area contributed by atoms with Crippen LogP contribution in [0.3, 0.4) is 0 Å². The molecule has 0 bridgehead atoms. The van der Waals surface area contributed by atoms with E-state index in [1.807, 2.05) is 0 Å². The summed E-state index contributed by atoms with van der Waals surface area (Å²) in [4.78, 5) is 13.9. The maximum Gasteiger partial charge on any atom is 0.410 e. The number of amides is 1. The first kappa shape index (κ1) is 8.08. The quantitative estimate of drug-likeness (QED) is 0.609. The van der Waals surface area contributed by atoms with Crippen LogP contribution in [0.15, 0.2) is 18.3 Å². The number of carboxylic acid groups (broad SMARTS) is 1. The molecule has 0 saturated carbocycles. The van der Waals surface area contributed by atoms with Gasteiger partial charge in [0.1, 0.15) is 5.82 Å². The number of hydrogen-bond acceptors (Lipinski definition) is 2. The minimum absolute atomic E-state index is 0.265. The van der Waals surface area contributed by atoms with Gasteiger partial charge in [0.05, 0.1) is 0 Å². The summed E-state index contributed by atoms with van der Waals surface area (Å²) in [6.07, 6.45) is 5.35. The fraction of sp³-hybridized carbons (Fsp3) is 0. The lowest BCUT2D eigenvalue weighted by Crippen LogP contribution is -2.08. The third kappa shape index (κ3) is 1.99. The molecule has 2 N–H and O–H groups in total.